The van der Waals surface area contributed by atoms with Crippen molar-refractivity contribution < 1.29 is 18.5 Å². The lowest BCUT2D eigenvalue weighted by Crippen LogP contribution is -2.19. The van der Waals surface area contributed by atoms with E-state index in [-0.39, 0.29) is 18.5 Å². The smallest absolute Gasteiger partial charge is 0.254 e. The molecule has 0 spiro atoms. The van der Waals surface area contributed by atoms with Gasteiger partial charge in [-0.3, -0.25) is 10.3 Å². The van der Waals surface area contributed by atoms with E-state index in [1.165, 1.54) is 12.3 Å². The minimum absolute atomic E-state index is 0.263. The molecule has 0 radical (unpaired) electrons. The van der Waals surface area contributed by atoms with Gasteiger partial charge < -0.3 is 13.8 Å². The molecule has 122 valence electrons. The molecule has 0 aliphatic carbocycles. The highest BCUT2D eigenvalue weighted by Gasteiger charge is 2.19. The summed E-state index contributed by atoms with van der Waals surface area (Å²) >= 11 is 0. The molecule has 3 aromatic rings. The van der Waals surface area contributed by atoms with Crippen LogP contribution < -0.4 is 10.2 Å². The van der Waals surface area contributed by atoms with E-state index in [1.807, 2.05) is 12.1 Å². The molecule has 1 aromatic carbocycles. The molecule has 1 aliphatic heterocycles. The van der Waals surface area contributed by atoms with Gasteiger partial charge in [-0.25, -0.2) is 9.37 Å². The van der Waals surface area contributed by atoms with Crippen molar-refractivity contribution in [2.45, 2.75) is 6.10 Å². The standard InChI is InChI=1S/C16H13FN4O3/c17-13-7-11(1-2-15(13)21-5-4-18-10-21)14-8-12(24-19-14)9-22-16-3-6-23-20-16/h1-8,10,12,19H,9H2. The van der Waals surface area contributed by atoms with E-state index in [9.17, 15) is 4.39 Å². The Morgan fingerprint density at radius 3 is 3.04 bits per heavy atom. The zero-order valence-corrected chi connectivity index (χ0v) is 12.4. The van der Waals surface area contributed by atoms with Crippen molar-refractivity contribution in [2.75, 3.05) is 6.61 Å². The molecule has 1 atom stereocenters. The Morgan fingerprint density at radius 2 is 2.29 bits per heavy atom. The van der Waals surface area contributed by atoms with Crippen molar-refractivity contribution in [1.29, 1.82) is 0 Å². The number of hydrogen-bond donors (Lipinski definition) is 1. The molecule has 4 rings (SSSR count). The number of hydrogen-bond acceptors (Lipinski definition) is 6. The van der Waals surface area contributed by atoms with Gasteiger partial charge in [-0.15, -0.1) is 0 Å². The summed E-state index contributed by atoms with van der Waals surface area (Å²) in [5.41, 5.74) is 4.58. The van der Waals surface area contributed by atoms with Crippen LogP contribution in [0.4, 0.5) is 4.39 Å². The van der Waals surface area contributed by atoms with Crippen LogP contribution in [0.3, 0.4) is 0 Å². The normalized spacial score (nSPS) is 16.7. The second kappa shape index (κ2) is 6.17. The highest BCUT2D eigenvalue weighted by molar-refractivity contribution is 5.66. The number of halogens is 1. The van der Waals surface area contributed by atoms with Gasteiger partial charge in [0.05, 0.1) is 17.7 Å². The van der Waals surface area contributed by atoms with Crippen LogP contribution in [0.1, 0.15) is 5.56 Å². The van der Waals surface area contributed by atoms with Crippen LogP contribution in [0.25, 0.3) is 11.4 Å². The second-order valence-electron chi connectivity index (χ2n) is 5.12. The zero-order chi connectivity index (χ0) is 16.4. The van der Waals surface area contributed by atoms with Crippen LogP contribution in [0.5, 0.6) is 5.88 Å². The SMILES string of the molecule is Fc1cc(C2=CC(COc3ccon3)ON2)ccc1-n1ccnc1. The van der Waals surface area contributed by atoms with E-state index in [2.05, 4.69) is 20.1 Å². The van der Waals surface area contributed by atoms with Gasteiger partial charge in [0.25, 0.3) is 5.88 Å². The van der Waals surface area contributed by atoms with Gasteiger partial charge in [-0.2, -0.15) is 0 Å². The van der Waals surface area contributed by atoms with Gasteiger partial charge in [-0.1, -0.05) is 6.07 Å². The second-order valence-corrected chi connectivity index (χ2v) is 5.12. The van der Waals surface area contributed by atoms with Crippen molar-refractivity contribution >= 4 is 5.70 Å². The summed E-state index contributed by atoms with van der Waals surface area (Å²) in [5.74, 6) is 0.0340. The molecule has 1 N–H and O–H groups in total. The number of rotatable bonds is 5. The van der Waals surface area contributed by atoms with Crippen LogP contribution in [0.2, 0.25) is 0 Å². The molecule has 1 unspecified atom stereocenters. The van der Waals surface area contributed by atoms with Gasteiger partial charge in [0.15, 0.2) is 0 Å². The first-order valence-electron chi connectivity index (χ1n) is 7.24. The molecule has 2 aromatic heterocycles. The molecule has 7 nitrogen and oxygen atoms in total. The highest BCUT2D eigenvalue weighted by Crippen LogP contribution is 2.23. The van der Waals surface area contributed by atoms with Gasteiger partial charge in [-0.05, 0) is 23.4 Å². The van der Waals surface area contributed by atoms with E-state index in [1.54, 1.807) is 35.4 Å². The first-order valence-corrected chi connectivity index (χ1v) is 7.24. The Balaban J connectivity index is 1.47. The summed E-state index contributed by atoms with van der Waals surface area (Å²) in [4.78, 5) is 9.31. The van der Waals surface area contributed by atoms with E-state index >= 15 is 0 Å². The molecule has 0 saturated heterocycles. The summed E-state index contributed by atoms with van der Waals surface area (Å²) in [5, 5.41) is 3.65. The summed E-state index contributed by atoms with van der Waals surface area (Å²) < 4.78 is 26.0. The Bertz CT molecular complexity index is 846. The van der Waals surface area contributed by atoms with Crippen molar-refractivity contribution in [3.63, 3.8) is 0 Å². The van der Waals surface area contributed by atoms with Crippen molar-refractivity contribution in [1.82, 2.24) is 20.2 Å². The third kappa shape index (κ3) is 2.86. The van der Waals surface area contributed by atoms with Gasteiger partial charge >= 0.3 is 0 Å². The number of nitrogens with zero attached hydrogens (tertiary/aromatic N) is 3. The minimum atomic E-state index is -0.351. The number of imidazole rings is 1. The first-order chi connectivity index (χ1) is 11.8. The largest absolute Gasteiger partial charge is 0.472 e. The number of benzene rings is 1. The van der Waals surface area contributed by atoms with E-state index in [4.69, 9.17) is 9.57 Å². The maximum absolute atomic E-state index is 14.3. The van der Waals surface area contributed by atoms with Crippen LogP contribution in [-0.2, 0) is 4.84 Å². The lowest BCUT2D eigenvalue weighted by atomic mass is 10.1. The third-order valence-corrected chi connectivity index (χ3v) is 3.52. The fourth-order valence-electron chi connectivity index (χ4n) is 2.36. The number of aromatic nitrogens is 3. The molecule has 3 heterocycles. The van der Waals surface area contributed by atoms with Crippen LogP contribution in [0, 0.1) is 5.82 Å². The maximum Gasteiger partial charge on any atom is 0.254 e. The molecule has 8 heteroatoms. The quantitative estimate of drug-likeness (QED) is 0.775. The van der Waals surface area contributed by atoms with Gasteiger partial charge in [0.1, 0.15) is 24.8 Å². The van der Waals surface area contributed by atoms with Crippen molar-refractivity contribution in [3.8, 4) is 11.6 Å². The summed E-state index contributed by atoms with van der Waals surface area (Å²) in [6.07, 6.45) is 7.77. The predicted octanol–water partition coefficient (Wildman–Crippen LogP) is 2.32. The van der Waals surface area contributed by atoms with Crippen LogP contribution >= 0.6 is 0 Å². The van der Waals surface area contributed by atoms with Crippen molar-refractivity contribution in [3.05, 3.63) is 66.7 Å². The predicted molar refractivity (Wildman–Crippen MR) is 81.5 cm³/mol. The number of ether oxygens (including phenoxy) is 1. The molecule has 0 saturated carbocycles. The highest BCUT2D eigenvalue weighted by atomic mass is 19.1. The molecular formula is C16H13FN4O3. The molecular weight excluding hydrogens is 315 g/mol. The Labute approximate surface area is 136 Å². The Kier molecular flexibility index (Phi) is 3.72. The lowest BCUT2D eigenvalue weighted by Gasteiger charge is -2.08. The molecule has 0 fully saturated rings. The third-order valence-electron chi connectivity index (χ3n) is 3.52. The monoisotopic (exact) mass is 328 g/mol. The summed E-state index contributed by atoms with van der Waals surface area (Å²) in [6, 6.07) is 6.55. The number of hydroxylamine groups is 1. The zero-order valence-electron chi connectivity index (χ0n) is 12.4. The minimum Gasteiger partial charge on any atom is -0.472 e. The Hall–Kier alpha value is -3.13. The lowest BCUT2D eigenvalue weighted by molar-refractivity contribution is 0.0219. The molecule has 24 heavy (non-hydrogen) atoms. The van der Waals surface area contributed by atoms with E-state index in [0.717, 1.165) is 0 Å². The molecule has 1 aliphatic rings. The van der Waals surface area contributed by atoms with Crippen LogP contribution in [0.15, 0.2) is 59.8 Å². The van der Waals surface area contributed by atoms with E-state index in [0.29, 0.717) is 22.8 Å². The molecule has 0 bridgehead atoms. The summed E-state index contributed by atoms with van der Waals surface area (Å²) in [7, 11) is 0. The summed E-state index contributed by atoms with van der Waals surface area (Å²) in [6.45, 7) is 0.263. The van der Waals surface area contributed by atoms with Gasteiger partial charge in [0.2, 0.25) is 0 Å². The molecule has 0 amide bonds. The average Bonchev–Trinajstić information content (AvgIpc) is 3.34. The first kappa shape index (κ1) is 14.5. The fraction of sp³-hybridized carbons (Fsp3) is 0.125. The Morgan fingerprint density at radius 1 is 1.33 bits per heavy atom. The topological polar surface area (TPSA) is 74.3 Å². The van der Waals surface area contributed by atoms with Crippen LogP contribution in [-0.4, -0.2) is 27.4 Å². The van der Waals surface area contributed by atoms with Gasteiger partial charge in [0, 0.05) is 24.0 Å². The fourth-order valence-corrected chi connectivity index (χ4v) is 2.36. The van der Waals surface area contributed by atoms with Crippen molar-refractivity contribution in [2.24, 2.45) is 0 Å². The number of nitrogens with one attached hydrogen (secondary N) is 1. The van der Waals surface area contributed by atoms with E-state index < -0.39 is 0 Å². The average molecular weight is 328 g/mol. The maximum atomic E-state index is 14.3.